The van der Waals surface area contributed by atoms with E-state index in [0.717, 1.165) is 12.0 Å². The highest BCUT2D eigenvalue weighted by atomic mass is 32.1. The summed E-state index contributed by atoms with van der Waals surface area (Å²) < 4.78 is 24.9. The van der Waals surface area contributed by atoms with Gasteiger partial charge in [-0.15, -0.1) is 11.3 Å². The number of likely N-dealkylation sites (tertiary alicyclic amines) is 1. The van der Waals surface area contributed by atoms with E-state index in [1.54, 1.807) is 48.8 Å². The highest BCUT2D eigenvalue weighted by Gasteiger charge is 2.36. The third-order valence-corrected chi connectivity index (χ3v) is 5.78. The van der Waals surface area contributed by atoms with Crippen molar-refractivity contribution in [3.05, 3.63) is 64.9 Å². The summed E-state index contributed by atoms with van der Waals surface area (Å²) in [6.07, 6.45) is 0.743. The molecular formula is C21H19FN2O3S. The lowest BCUT2D eigenvalue weighted by Gasteiger charge is -2.41. The maximum absolute atomic E-state index is 14.1. The Morgan fingerprint density at radius 2 is 2.00 bits per heavy atom. The molecule has 1 saturated heterocycles. The minimum atomic E-state index is -0.287. The Kier molecular flexibility index (Phi) is 5.00. The fourth-order valence-electron chi connectivity index (χ4n) is 3.40. The van der Waals surface area contributed by atoms with E-state index in [1.807, 2.05) is 12.1 Å². The quantitative estimate of drug-likeness (QED) is 0.633. The van der Waals surface area contributed by atoms with Gasteiger partial charge in [0, 0.05) is 17.5 Å². The third kappa shape index (κ3) is 3.11. The summed E-state index contributed by atoms with van der Waals surface area (Å²) in [6.45, 7) is 0.590. The molecule has 2 heterocycles. The molecule has 0 bridgehead atoms. The zero-order valence-corrected chi connectivity index (χ0v) is 16.3. The Bertz CT molecular complexity index is 1020. The molecule has 1 fully saturated rings. The lowest BCUT2D eigenvalue weighted by molar-refractivity contribution is 0.0448. The van der Waals surface area contributed by atoms with Crippen LogP contribution in [0.4, 0.5) is 4.39 Å². The summed E-state index contributed by atoms with van der Waals surface area (Å²) in [7, 11) is 3.14. The number of benzene rings is 2. The molecule has 1 amide bonds. The smallest absolute Gasteiger partial charge is 0.273 e. The maximum atomic E-state index is 14.1. The molecule has 0 saturated carbocycles. The van der Waals surface area contributed by atoms with Gasteiger partial charge in [0.1, 0.15) is 16.5 Å². The van der Waals surface area contributed by atoms with Gasteiger partial charge in [-0.1, -0.05) is 24.3 Å². The molecule has 2 aromatic carbocycles. The molecule has 3 aromatic rings. The van der Waals surface area contributed by atoms with Crippen molar-refractivity contribution in [2.75, 3.05) is 20.8 Å². The van der Waals surface area contributed by atoms with E-state index >= 15 is 0 Å². The largest absolute Gasteiger partial charge is 0.493 e. The van der Waals surface area contributed by atoms with Crippen LogP contribution in [0.2, 0.25) is 0 Å². The van der Waals surface area contributed by atoms with Crippen LogP contribution in [0, 0.1) is 5.82 Å². The van der Waals surface area contributed by atoms with Gasteiger partial charge < -0.3 is 14.4 Å². The van der Waals surface area contributed by atoms with Gasteiger partial charge >= 0.3 is 0 Å². The second kappa shape index (κ2) is 7.59. The molecule has 0 spiro atoms. The van der Waals surface area contributed by atoms with Gasteiger partial charge in [0.2, 0.25) is 0 Å². The molecule has 4 rings (SSSR count). The molecule has 1 unspecified atom stereocenters. The average Bonchev–Trinajstić information content (AvgIpc) is 3.18. The zero-order chi connectivity index (χ0) is 19.7. The van der Waals surface area contributed by atoms with Gasteiger partial charge in [-0.05, 0) is 24.6 Å². The topological polar surface area (TPSA) is 51.7 Å². The molecule has 144 valence electrons. The fraction of sp³-hybridized carbons (Fsp3) is 0.238. The summed E-state index contributed by atoms with van der Waals surface area (Å²) in [5, 5.41) is 2.40. The third-order valence-electron chi connectivity index (χ3n) is 4.90. The number of carbonyl (C=O) groups excluding carboxylic acids is 1. The van der Waals surface area contributed by atoms with Gasteiger partial charge in [-0.2, -0.15) is 0 Å². The van der Waals surface area contributed by atoms with Crippen LogP contribution in [0.5, 0.6) is 11.5 Å². The van der Waals surface area contributed by atoms with Crippen molar-refractivity contribution in [2.24, 2.45) is 0 Å². The van der Waals surface area contributed by atoms with Gasteiger partial charge in [0.15, 0.2) is 11.5 Å². The average molecular weight is 398 g/mol. The molecule has 1 aliphatic rings. The van der Waals surface area contributed by atoms with Gasteiger partial charge in [0.25, 0.3) is 5.91 Å². The van der Waals surface area contributed by atoms with E-state index in [0.29, 0.717) is 34.3 Å². The van der Waals surface area contributed by atoms with Crippen LogP contribution >= 0.6 is 11.3 Å². The minimum Gasteiger partial charge on any atom is -0.493 e. The number of aromatic nitrogens is 1. The predicted octanol–water partition coefficient (Wildman–Crippen LogP) is 4.55. The Hall–Kier alpha value is -2.93. The van der Waals surface area contributed by atoms with Crippen molar-refractivity contribution < 1.29 is 18.7 Å². The first kappa shape index (κ1) is 18.4. The number of ether oxygens (including phenoxy) is 2. The Labute approximate surface area is 166 Å². The first-order valence-electron chi connectivity index (χ1n) is 8.86. The number of hydrogen-bond acceptors (Lipinski definition) is 5. The SMILES string of the molecule is COc1cccc(-c2nc(C(=O)N3CCC3c3ccccc3F)cs2)c1OC. The number of carbonyl (C=O) groups is 1. The van der Waals surface area contributed by atoms with Crippen LogP contribution in [0.3, 0.4) is 0 Å². The zero-order valence-electron chi connectivity index (χ0n) is 15.5. The number of thiazole rings is 1. The highest BCUT2D eigenvalue weighted by Crippen LogP contribution is 2.40. The van der Waals surface area contributed by atoms with Crippen LogP contribution in [0.25, 0.3) is 10.6 Å². The molecule has 0 aliphatic carbocycles. The number of halogens is 1. The van der Waals surface area contributed by atoms with Crippen LogP contribution in [-0.2, 0) is 0 Å². The number of amides is 1. The monoisotopic (exact) mass is 398 g/mol. The number of rotatable bonds is 5. The van der Waals surface area contributed by atoms with Crippen molar-refractivity contribution in [1.29, 1.82) is 0 Å². The normalized spacial score (nSPS) is 15.8. The van der Waals surface area contributed by atoms with E-state index in [-0.39, 0.29) is 17.8 Å². The summed E-state index contributed by atoms with van der Waals surface area (Å²) in [5.74, 6) is 0.700. The fourth-order valence-corrected chi connectivity index (χ4v) is 4.21. The molecule has 1 atom stereocenters. The first-order chi connectivity index (χ1) is 13.6. The van der Waals surface area contributed by atoms with Gasteiger partial charge in [-0.25, -0.2) is 9.37 Å². The van der Waals surface area contributed by atoms with Crippen LogP contribution < -0.4 is 9.47 Å². The molecule has 7 heteroatoms. The van der Waals surface area contributed by atoms with Crippen LogP contribution in [0.1, 0.15) is 28.5 Å². The van der Waals surface area contributed by atoms with E-state index < -0.39 is 0 Å². The van der Waals surface area contributed by atoms with Crippen molar-refractivity contribution in [1.82, 2.24) is 9.88 Å². The van der Waals surface area contributed by atoms with Crippen molar-refractivity contribution in [3.8, 4) is 22.1 Å². The molecular weight excluding hydrogens is 379 g/mol. The van der Waals surface area contributed by atoms with Crippen LogP contribution in [-0.4, -0.2) is 36.6 Å². The number of para-hydroxylation sites is 1. The van der Waals surface area contributed by atoms with Crippen molar-refractivity contribution >= 4 is 17.2 Å². The molecule has 0 radical (unpaired) electrons. The van der Waals surface area contributed by atoms with Crippen molar-refractivity contribution in [3.63, 3.8) is 0 Å². The molecule has 0 N–H and O–H groups in total. The standard InChI is InChI=1S/C21H19FN2O3S/c1-26-18-9-5-7-14(19(18)27-2)20-23-16(12-28-20)21(25)24-11-10-17(24)13-6-3-4-8-15(13)22/h3-9,12,17H,10-11H2,1-2H3. The number of nitrogens with zero attached hydrogens (tertiary/aromatic N) is 2. The molecule has 5 nitrogen and oxygen atoms in total. The molecule has 28 heavy (non-hydrogen) atoms. The van der Waals surface area contributed by atoms with Gasteiger partial charge in [0.05, 0.1) is 25.8 Å². The van der Waals surface area contributed by atoms with E-state index in [2.05, 4.69) is 4.98 Å². The lowest BCUT2D eigenvalue weighted by atomic mass is 9.94. The maximum Gasteiger partial charge on any atom is 0.273 e. The minimum absolute atomic E-state index is 0.191. The Morgan fingerprint density at radius 1 is 1.18 bits per heavy atom. The van der Waals surface area contributed by atoms with Crippen LogP contribution in [0.15, 0.2) is 47.8 Å². The molecule has 1 aliphatic heterocycles. The number of methoxy groups -OCH3 is 2. The second-order valence-electron chi connectivity index (χ2n) is 6.40. The lowest BCUT2D eigenvalue weighted by Crippen LogP contribution is -2.45. The summed E-state index contributed by atoms with van der Waals surface area (Å²) in [6, 6.07) is 11.9. The van der Waals surface area contributed by atoms with E-state index in [9.17, 15) is 9.18 Å². The second-order valence-corrected chi connectivity index (χ2v) is 7.26. The summed E-state index contributed by atoms with van der Waals surface area (Å²) >= 11 is 1.36. The predicted molar refractivity (Wildman–Crippen MR) is 105 cm³/mol. The Morgan fingerprint density at radius 3 is 2.68 bits per heavy atom. The highest BCUT2D eigenvalue weighted by molar-refractivity contribution is 7.13. The number of hydrogen-bond donors (Lipinski definition) is 0. The first-order valence-corrected chi connectivity index (χ1v) is 9.74. The van der Waals surface area contributed by atoms with Gasteiger partial charge in [-0.3, -0.25) is 4.79 Å². The van der Waals surface area contributed by atoms with E-state index in [4.69, 9.17) is 9.47 Å². The van der Waals surface area contributed by atoms with Crippen molar-refractivity contribution in [2.45, 2.75) is 12.5 Å². The Balaban J connectivity index is 1.60. The molecule has 1 aromatic heterocycles. The summed E-state index contributed by atoms with van der Waals surface area (Å²) in [5.41, 5.74) is 1.66. The van der Waals surface area contributed by atoms with E-state index in [1.165, 1.54) is 17.4 Å². The summed E-state index contributed by atoms with van der Waals surface area (Å²) in [4.78, 5) is 19.1.